The predicted molar refractivity (Wildman–Crippen MR) is 87.3 cm³/mol. The molecular formula is C18H34O3. The van der Waals surface area contributed by atoms with E-state index in [1.807, 2.05) is 6.08 Å². The van der Waals surface area contributed by atoms with Crippen LogP contribution in [0.4, 0.5) is 0 Å². The molecule has 0 amide bonds. The van der Waals surface area contributed by atoms with Gasteiger partial charge in [0.1, 0.15) is 0 Å². The lowest BCUT2D eigenvalue weighted by molar-refractivity contribution is -0.162. The number of rotatable bonds is 13. The summed E-state index contributed by atoms with van der Waals surface area (Å²) in [5.74, 6) is 0. The Morgan fingerprint density at radius 3 is 2.29 bits per heavy atom. The van der Waals surface area contributed by atoms with Crippen LogP contribution in [-0.2, 0) is 9.47 Å². The smallest absolute Gasteiger partial charge is 0.157 e. The molecule has 1 N–H and O–H groups in total. The molecule has 0 aromatic heterocycles. The molecule has 1 atom stereocenters. The summed E-state index contributed by atoms with van der Waals surface area (Å²) in [7, 11) is 0. The zero-order valence-corrected chi connectivity index (χ0v) is 13.6. The predicted octanol–water partition coefficient (Wildman–Crippen LogP) is 4.59. The lowest BCUT2D eigenvalue weighted by Gasteiger charge is -2.22. The van der Waals surface area contributed by atoms with Gasteiger partial charge in [-0.25, -0.2) is 0 Å². The van der Waals surface area contributed by atoms with E-state index in [-0.39, 0.29) is 12.9 Å². The molecule has 1 heterocycles. The van der Waals surface area contributed by atoms with E-state index in [1.54, 1.807) is 0 Å². The number of hydrogen-bond donors (Lipinski definition) is 1. The van der Waals surface area contributed by atoms with E-state index in [0.29, 0.717) is 0 Å². The topological polar surface area (TPSA) is 38.7 Å². The first-order valence-corrected chi connectivity index (χ1v) is 8.92. The zero-order chi connectivity index (χ0) is 15.0. The Bertz CT molecular complexity index is 235. The molecular weight excluding hydrogens is 264 g/mol. The molecule has 3 nitrogen and oxygen atoms in total. The van der Waals surface area contributed by atoms with Crippen molar-refractivity contribution < 1.29 is 14.6 Å². The maximum Gasteiger partial charge on any atom is 0.157 e. The number of hydrogen-bond acceptors (Lipinski definition) is 3. The highest BCUT2D eigenvalue weighted by Crippen LogP contribution is 2.15. The summed E-state index contributed by atoms with van der Waals surface area (Å²) < 4.78 is 11.3. The third-order valence-corrected chi connectivity index (χ3v) is 3.98. The van der Waals surface area contributed by atoms with Crippen molar-refractivity contribution >= 4 is 0 Å². The van der Waals surface area contributed by atoms with Crippen LogP contribution in [0.25, 0.3) is 0 Å². The molecule has 3 heteroatoms. The van der Waals surface area contributed by atoms with Crippen LogP contribution < -0.4 is 0 Å². The highest BCUT2D eigenvalue weighted by Gasteiger charge is 2.13. The molecule has 0 aromatic rings. The highest BCUT2D eigenvalue weighted by atomic mass is 16.7. The molecule has 0 saturated carbocycles. The van der Waals surface area contributed by atoms with E-state index in [2.05, 4.69) is 6.08 Å². The molecule has 1 rings (SSSR count). The van der Waals surface area contributed by atoms with Crippen molar-refractivity contribution in [2.75, 3.05) is 19.8 Å². The average Bonchev–Trinajstić information content (AvgIpc) is 2.53. The third-order valence-electron chi connectivity index (χ3n) is 3.98. The number of unbranched alkanes of at least 4 members (excludes halogenated alkanes) is 8. The van der Waals surface area contributed by atoms with Crippen molar-refractivity contribution in [2.24, 2.45) is 0 Å². The Morgan fingerprint density at radius 2 is 1.62 bits per heavy atom. The Balaban J connectivity index is 1.71. The molecule has 124 valence electrons. The molecule has 0 spiro atoms. The summed E-state index contributed by atoms with van der Waals surface area (Å²) in [6, 6.07) is 0. The summed E-state index contributed by atoms with van der Waals surface area (Å²) >= 11 is 0. The van der Waals surface area contributed by atoms with Crippen LogP contribution >= 0.6 is 0 Å². The monoisotopic (exact) mass is 298 g/mol. The van der Waals surface area contributed by atoms with Gasteiger partial charge >= 0.3 is 0 Å². The fourth-order valence-electron chi connectivity index (χ4n) is 2.67. The van der Waals surface area contributed by atoms with Gasteiger partial charge < -0.3 is 14.6 Å². The second-order valence-electron chi connectivity index (χ2n) is 5.94. The van der Waals surface area contributed by atoms with Gasteiger partial charge in [-0.15, -0.1) is 0 Å². The minimum atomic E-state index is 0.0821. The fraction of sp³-hybridized carbons (Fsp3) is 0.889. The Kier molecular flexibility index (Phi) is 12.9. The normalized spacial score (nSPS) is 19.4. The van der Waals surface area contributed by atoms with Gasteiger partial charge in [0.05, 0.1) is 6.61 Å². The lowest BCUT2D eigenvalue weighted by atomic mass is 10.1. The fourth-order valence-corrected chi connectivity index (χ4v) is 2.67. The summed E-state index contributed by atoms with van der Waals surface area (Å²) in [5.41, 5.74) is 0. The molecule has 1 aliphatic heterocycles. The van der Waals surface area contributed by atoms with Crippen LogP contribution in [0.2, 0.25) is 0 Å². The van der Waals surface area contributed by atoms with E-state index in [0.717, 1.165) is 26.1 Å². The molecule has 0 bridgehead atoms. The third kappa shape index (κ3) is 11.9. The van der Waals surface area contributed by atoms with Crippen molar-refractivity contribution in [3.8, 4) is 0 Å². The SMILES string of the molecule is OC/C=C/CCCCCCCCCCOC1CCCCO1. The molecule has 1 aliphatic rings. The van der Waals surface area contributed by atoms with Crippen LogP contribution in [0.3, 0.4) is 0 Å². The zero-order valence-electron chi connectivity index (χ0n) is 13.6. The first kappa shape index (κ1) is 18.7. The molecule has 0 aliphatic carbocycles. The van der Waals surface area contributed by atoms with Crippen LogP contribution in [0.15, 0.2) is 12.2 Å². The van der Waals surface area contributed by atoms with Gasteiger partial charge in [-0.1, -0.05) is 50.7 Å². The quantitative estimate of drug-likeness (QED) is 0.399. The summed E-state index contributed by atoms with van der Waals surface area (Å²) in [6.45, 7) is 1.92. The van der Waals surface area contributed by atoms with Gasteiger partial charge in [-0.3, -0.25) is 0 Å². The minimum Gasteiger partial charge on any atom is -0.392 e. The van der Waals surface area contributed by atoms with Gasteiger partial charge in [-0.2, -0.15) is 0 Å². The molecule has 0 aromatic carbocycles. The number of aliphatic hydroxyl groups excluding tert-OH is 1. The molecule has 1 fully saturated rings. The second-order valence-corrected chi connectivity index (χ2v) is 5.94. The van der Waals surface area contributed by atoms with Gasteiger partial charge in [0.25, 0.3) is 0 Å². The van der Waals surface area contributed by atoms with Gasteiger partial charge in [0, 0.05) is 13.2 Å². The lowest BCUT2D eigenvalue weighted by Crippen LogP contribution is -2.22. The molecule has 1 unspecified atom stereocenters. The first-order chi connectivity index (χ1) is 10.4. The summed E-state index contributed by atoms with van der Waals surface area (Å²) in [5, 5.41) is 8.60. The second kappa shape index (κ2) is 14.6. The largest absolute Gasteiger partial charge is 0.392 e. The van der Waals surface area contributed by atoms with Crippen molar-refractivity contribution in [1.82, 2.24) is 0 Å². The summed E-state index contributed by atoms with van der Waals surface area (Å²) in [4.78, 5) is 0. The Hall–Kier alpha value is -0.380. The maximum atomic E-state index is 8.60. The average molecular weight is 298 g/mol. The summed E-state index contributed by atoms with van der Waals surface area (Å²) in [6.07, 6.45) is 19.0. The van der Waals surface area contributed by atoms with E-state index in [1.165, 1.54) is 64.2 Å². The van der Waals surface area contributed by atoms with Crippen LogP contribution in [0.1, 0.15) is 77.0 Å². The maximum absolute atomic E-state index is 8.60. The van der Waals surface area contributed by atoms with Crippen molar-refractivity contribution in [1.29, 1.82) is 0 Å². The molecule has 21 heavy (non-hydrogen) atoms. The van der Waals surface area contributed by atoms with E-state index >= 15 is 0 Å². The van der Waals surface area contributed by atoms with Crippen LogP contribution in [-0.4, -0.2) is 31.2 Å². The van der Waals surface area contributed by atoms with E-state index < -0.39 is 0 Å². The van der Waals surface area contributed by atoms with Gasteiger partial charge in [-0.05, 0) is 38.5 Å². The van der Waals surface area contributed by atoms with E-state index in [4.69, 9.17) is 14.6 Å². The van der Waals surface area contributed by atoms with E-state index in [9.17, 15) is 0 Å². The van der Waals surface area contributed by atoms with Crippen LogP contribution in [0.5, 0.6) is 0 Å². The van der Waals surface area contributed by atoms with Gasteiger partial charge in [0.2, 0.25) is 0 Å². The minimum absolute atomic E-state index is 0.0821. The standard InChI is InChI=1S/C18H34O3/c19-15-11-8-6-4-2-1-3-5-7-9-12-16-20-18-14-10-13-17-21-18/h8,11,18-19H,1-7,9-10,12-17H2/b11-8+. The molecule has 0 radical (unpaired) electrons. The number of allylic oxidation sites excluding steroid dienone is 1. The Labute approximate surface area is 130 Å². The number of ether oxygens (including phenoxy) is 2. The number of aliphatic hydroxyl groups is 1. The van der Waals surface area contributed by atoms with Crippen molar-refractivity contribution in [3.63, 3.8) is 0 Å². The van der Waals surface area contributed by atoms with Crippen molar-refractivity contribution in [3.05, 3.63) is 12.2 Å². The van der Waals surface area contributed by atoms with Gasteiger partial charge in [0.15, 0.2) is 6.29 Å². The highest BCUT2D eigenvalue weighted by molar-refractivity contribution is 4.80. The van der Waals surface area contributed by atoms with Crippen LogP contribution in [0, 0.1) is 0 Å². The first-order valence-electron chi connectivity index (χ1n) is 8.92. The molecule has 1 saturated heterocycles. The van der Waals surface area contributed by atoms with Crippen molar-refractivity contribution in [2.45, 2.75) is 83.3 Å². The Morgan fingerprint density at radius 1 is 0.905 bits per heavy atom.